The van der Waals surface area contributed by atoms with Gasteiger partial charge >= 0.3 is 6.18 Å². The smallest absolute Gasteiger partial charge is 0.383 e. The van der Waals surface area contributed by atoms with Crippen LogP contribution in [0.4, 0.5) is 30.5 Å². The van der Waals surface area contributed by atoms with Crippen molar-refractivity contribution in [2.24, 2.45) is 0 Å². The van der Waals surface area contributed by atoms with Crippen molar-refractivity contribution < 1.29 is 13.2 Å². The van der Waals surface area contributed by atoms with Gasteiger partial charge in [-0.05, 0) is 32.0 Å². The van der Waals surface area contributed by atoms with Crippen molar-refractivity contribution in [2.75, 3.05) is 11.1 Å². The van der Waals surface area contributed by atoms with Crippen LogP contribution in [-0.4, -0.2) is 9.97 Å². The van der Waals surface area contributed by atoms with Crippen LogP contribution in [-0.2, 0) is 6.18 Å². The molecular weight excluding hydrogens is 305 g/mol. The van der Waals surface area contributed by atoms with Crippen molar-refractivity contribution in [3.8, 4) is 0 Å². The predicted octanol–water partition coefficient (Wildman–Crippen LogP) is 4.09. The van der Waals surface area contributed by atoms with E-state index in [4.69, 9.17) is 17.3 Å². The quantitative estimate of drug-likeness (QED) is 0.876. The number of benzene rings is 1. The number of halogens is 4. The van der Waals surface area contributed by atoms with Gasteiger partial charge in [0.1, 0.15) is 17.5 Å². The number of aryl methyl sites for hydroxylation is 1. The average molecular weight is 317 g/mol. The largest absolute Gasteiger partial charge is 0.416 e. The van der Waals surface area contributed by atoms with Crippen LogP contribution in [0.25, 0.3) is 0 Å². The summed E-state index contributed by atoms with van der Waals surface area (Å²) in [5, 5.41) is 2.81. The second kappa shape index (κ2) is 5.40. The number of aromatic nitrogens is 2. The van der Waals surface area contributed by atoms with Crippen molar-refractivity contribution in [2.45, 2.75) is 20.0 Å². The Kier molecular flexibility index (Phi) is 3.95. The zero-order valence-corrected chi connectivity index (χ0v) is 12.0. The molecule has 3 N–H and O–H groups in total. The van der Waals surface area contributed by atoms with Gasteiger partial charge in [0, 0.05) is 5.56 Å². The van der Waals surface area contributed by atoms with E-state index in [0.717, 1.165) is 12.1 Å². The number of hydrogen-bond acceptors (Lipinski definition) is 4. The van der Waals surface area contributed by atoms with E-state index in [1.807, 2.05) is 0 Å². The normalized spacial score (nSPS) is 11.5. The van der Waals surface area contributed by atoms with E-state index in [0.29, 0.717) is 28.7 Å². The van der Waals surface area contributed by atoms with Gasteiger partial charge in [0.2, 0.25) is 0 Å². The molecule has 21 heavy (non-hydrogen) atoms. The predicted molar refractivity (Wildman–Crippen MR) is 75.7 cm³/mol. The molecule has 1 aromatic carbocycles. The zero-order valence-electron chi connectivity index (χ0n) is 11.2. The molecule has 0 radical (unpaired) electrons. The maximum Gasteiger partial charge on any atom is 0.416 e. The fraction of sp³-hybridized carbons (Fsp3) is 0.231. The topological polar surface area (TPSA) is 63.8 Å². The van der Waals surface area contributed by atoms with Crippen molar-refractivity contribution >= 4 is 28.9 Å². The molecule has 4 nitrogen and oxygen atoms in total. The Morgan fingerprint density at radius 1 is 1.19 bits per heavy atom. The second-order valence-electron chi connectivity index (χ2n) is 4.45. The fourth-order valence-electron chi connectivity index (χ4n) is 1.69. The number of alkyl halides is 3. The van der Waals surface area contributed by atoms with Crippen LogP contribution in [0.3, 0.4) is 0 Å². The summed E-state index contributed by atoms with van der Waals surface area (Å²) in [5.74, 6) is 1.15. The molecule has 1 heterocycles. The summed E-state index contributed by atoms with van der Waals surface area (Å²) in [6.45, 7) is 3.37. The standard InChI is InChI=1S/C13H12ClF3N4/c1-6-11(18)19-7(2)20-12(6)21-10-4-3-8(5-9(10)14)13(15,16)17/h3-5H,1-2H3,(H3,18,19,20,21). The van der Waals surface area contributed by atoms with Crippen molar-refractivity contribution in [1.82, 2.24) is 9.97 Å². The second-order valence-corrected chi connectivity index (χ2v) is 4.85. The Balaban J connectivity index is 2.37. The highest BCUT2D eigenvalue weighted by Gasteiger charge is 2.30. The summed E-state index contributed by atoms with van der Waals surface area (Å²) < 4.78 is 37.7. The fourth-order valence-corrected chi connectivity index (χ4v) is 1.92. The van der Waals surface area contributed by atoms with E-state index in [9.17, 15) is 13.2 Å². The lowest BCUT2D eigenvalue weighted by Crippen LogP contribution is -2.07. The number of nitrogens with zero attached hydrogens (tertiary/aromatic N) is 2. The van der Waals surface area contributed by atoms with Gasteiger partial charge in [0.05, 0.1) is 16.3 Å². The van der Waals surface area contributed by atoms with Crippen LogP contribution in [0.1, 0.15) is 17.0 Å². The summed E-state index contributed by atoms with van der Waals surface area (Å²) in [4.78, 5) is 8.15. The van der Waals surface area contributed by atoms with Gasteiger partial charge in [0.15, 0.2) is 0 Å². The maximum atomic E-state index is 12.6. The molecule has 0 fully saturated rings. The summed E-state index contributed by atoms with van der Waals surface area (Å²) in [7, 11) is 0. The third kappa shape index (κ3) is 3.36. The van der Waals surface area contributed by atoms with Crippen LogP contribution in [0, 0.1) is 13.8 Å². The molecule has 0 aliphatic heterocycles. The highest BCUT2D eigenvalue weighted by Crippen LogP contribution is 2.35. The molecule has 0 atom stereocenters. The van der Waals surface area contributed by atoms with Crippen LogP contribution in [0.15, 0.2) is 18.2 Å². The van der Waals surface area contributed by atoms with Crippen LogP contribution < -0.4 is 11.1 Å². The Labute approximate surface area is 124 Å². The number of anilines is 3. The van der Waals surface area contributed by atoms with E-state index in [-0.39, 0.29) is 5.02 Å². The summed E-state index contributed by atoms with van der Waals surface area (Å²) in [6.07, 6.45) is -4.44. The number of nitrogens with two attached hydrogens (primary N) is 1. The van der Waals surface area contributed by atoms with Crippen LogP contribution in [0.5, 0.6) is 0 Å². The van der Waals surface area contributed by atoms with Crippen molar-refractivity contribution in [1.29, 1.82) is 0 Å². The minimum Gasteiger partial charge on any atom is -0.383 e. The molecule has 0 saturated carbocycles. The SMILES string of the molecule is Cc1nc(N)c(C)c(Nc2ccc(C(F)(F)F)cc2Cl)n1. The van der Waals surface area contributed by atoms with Crippen LogP contribution in [0.2, 0.25) is 5.02 Å². The Morgan fingerprint density at radius 3 is 2.43 bits per heavy atom. The third-order valence-corrected chi connectivity index (χ3v) is 3.16. The van der Waals surface area contributed by atoms with E-state index >= 15 is 0 Å². The van der Waals surface area contributed by atoms with E-state index in [2.05, 4.69) is 15.3 Å². The molecule has 1 aromatic heterocycles. The summed E-state index contributed by atoms with van der Waals surface area (Å²) >= 11 is 5.88. The van der Waals surface area contributed by atoms with Gasteiger partial charge in [0.25, 0.3) is 0 Å². The molecule has 2 rings (SSSR count). The van der Waals surface area contributed by atoms with E-state index in [1.165, 1.54) is 6.07 Å². The van der Waals surface area contributed by atoms with Gasteiger partial charge < -0.3 is 11.1 Å². The molecule has 0 aliphatic carbocycles. The van der Waals surface area contributed by atoms with Crippen molar-refractivity contribution in [3.05, 3.63) is 40.2 Å². The van der Waals surface area contributed by atoms with Crippen LogP contribution >= 0.6 is 11.6 Å². The summed E-state index contributed by atoms with van der Waals surface area (Å²) in [5.41, 5.74) is 5.81. The molecule has 0 bridgehead atoms. The first-order chi connectivity index (χ1) is 9.68. The highest BCUT2D eigenvalue weighted by molar-refractivity contribution is 6.33. The molecule has 112 valence electrons. The van der Waals surface area contributed by atoms with E-state index < -0.39 is 11.7 Å². The number of hydrogen-bond donors (Lipinski definition) is 2. The van der Waals surface area contributed by atoms with Gasteiger partial charge in [-0.2, -0.15) is 13.2 Å². The molecule has 8 heteroatoms. The number of nitrogen functional groups attached to an aromatic ring is 1. The van der Waals surface area contributed by atoms with Crippen molar-refractivity contribution in [3.63, 3.8) is 0 Å². The Hall–Kier alpha value is -2.02. The molecule has 0 saturated heterocycles. The van der Waals surface area contributed by atoms with E-state index in [1.54, 1.807) is 13.8 Å². The average Bonchev–Trinajstić information content (AvgIpc) is 2.36. The first kappa shape index (κ1) is 15.4. The first-order valence-corrected chi connectivity index (χ1v) is 6.31. The number of nitrogens with one attached hydrogen (secondary N) is 1. The lowest BCUT2D eigenvalue weighted by atomic mass is 10.2. The lowest BCUT2D eigenvalue weighted by molar-refractivity contribution is -0.137. The highest BCUT2D eigenvalue weighted by atomic mass is 35.5. The first-order valence-electron chi connectivity index (χ1n) is 5.93. The molecular formula is C13H12ClF3N4. The number of rotatable bonds is 2. The molecule has 0 spiro atoms. The Bertz CT molecular complexity index is 686. The minimum absolute atomic E-state index is 0.0564. The molecule has 0 unspecified atom stereocenters. The third-order valence-electron chi connectivity index (χ3n) is 2.84. The molecule has 2 aromatic rings. The lowest BCUT2D eigenvalue weighted by Gasteiger charge is -2.13. The zero-order chi connectivity index (χ0) is 15.8. The van der Waals surface area contributed by atoms with Gasteiger partial charge in [-0.1, -0.05) is 11.6 Å². The van der Waals surface area contributed by atoms with Gasteiger partial charge in [-0.3, -0.25) is 0 Å². The Morgan fingerprint density at radius 2 is 1.86 bits per heavy atom. The van der Waals surface area contributed by atoms with Gasteiger partial charge in [-0.25, -0.2) is 9.97 Å². The molecule has 0 amide bonds. The molecule has 0 aliphatic rings. The van der Waals surface area contributed by atoms with Gasteiger partial charge in [-0.15, -0.1) is 0 Å². The monoisotopic (exact) mass is 316 g/mol. The maximum absolute atomic E-state index is 12.6. The minimum atomic E-state index is -4.44. The summed E-state index contributed by atoms with van der Waals surface area (Å²) in [6, 6.07) is 3.05.